The highest BCUT2D eigenvalue weighted by atomic mass is 19.1. The fourth-order valence-electron chi connectivity index (χ4n) is 2.33. The number of rotatable bonds is 2. The molecule has 2 aromatic carbocycles. The summed E-state index contributed by atoms with van der Waals surface area (Å²) >= 11 is 0. The Morgan fingerprint density at radius 1 is 1.09 bits per heavy atom. The lowest BCUT2D eigenvalue weighted by Crippen LogP contribution is -2.20. The summed E-state index contributed by atoms with van der Waals surface area (Å²) in [6.45, 7) is 0. The van der Waals surface area contributed by atoms with E-state index in [0.29, 0.717) is 18.5 Å². The lowest BCUT2D eigenvalue weighted by atomic mass is 10.00. The lowest BCUT2D eigenvalue weighted by molar-refractivity contribution is -0.116. The molecule has 0 radical (unpaired) electrons. The maximum atomic E-state index is 13.5. The van der Waals surface area contributed by atoms with E-state index in [1.165, 1.54) is 12.1 Å². The predicted molar refractivity (Wildman–Crippen MR) is 77.7 cm³/mol. The fourth-order valence-corrected chi connectivity index (χ4v) is 2.33. The van der Waals surface area contributed by atoms with Crippen molar-refractivity contribution in [3.63, 3.8) is 0 Å². The van der Waals surface area contributed by atoms with Gasteiger partial charge in [0, 0.05) is 17.7 Å². The normalized spacial score (nSPS) is 13.3. The molecule has 2 amide bonds. The molecule has 1 aliphatic rings. The maximum absolute atomic E-state index is 13.5. The zero-order valence-corrected chi connectivity index (χ0v) is 11.5. The summed E-state index contributed by atoms with van der Waals surface area (Å²) in [6, 6.07) is 8.09. The highest BCUT2D eigenvalue weighted by Crippen LogP contribution is 2.25. The topological polar surface area (TPSA) is 58.2 Å². The highest BCUT2D eigenvalue weighted by molar-refractivity contribution is 6.05. The molecule has 1 heterocycles. The zero-order chi connectivity index (χ0) is 15.7. The van der Waals surface area contributed by atoms with Gasteiger partial charge in [0.2, 0.25) is 5.91 Å². The van der Waals surface area contributed by atoms with Crippen molar-refractivity contribution in [2.75, 3.05) is 10.6 Å². The van der Waals surface area contributed by atoms with Crippen LogP contribution in [0.5, 0.6) is 0 Å². The van der Waals surface area contributed by atoms with Crippen LogP contribution in [0.15, 0.2) is 36.4 Å². The minimum absolute atomic E-state index is 0.0712. The van der Waals surface area contributed by atoms with Gasteiger partial charge in [0.05, 0.1) is 0 Å². The number of para-hydroxylation sites is 1. The van der Waals surface area contributed by atoms with Gasteiger partial charge in [0.25, 0.3) is 5.91 Å². The quantitative estimate of drug-likeness (QED) is 0.895. The second kappa shape index (κ2) is 5.55. The Balaban J connectivity index is 1.85. The number of fused-ring (bicyclic) bond motifs is 1. The molecule has 112 valence electrons. The zero-order valence-electron chi connectivity index (χ0n) is 11.5. The number of hydrogen-bond donors (Lipinski definition) is 2. The van der Waals surface area contributed by atoms with E-state index >= 15 is 0 Å². The third-order valence-electron chi connectivity index (χ3n) is 3.46. The van der Waals surface area contributed by atoms with E-state index in [0.717, 1.165) is 17.7 Å². The Morgan fingerprint density at radius 2 is 1.82 bits per heavy atom. The van der Waals surface area contributed by atoms with Crippen molar-refractivity contribution >= 4 is 23.2 Å². The van der Waals surface area contributed by atoms with Crippen molar-refractivity contribution in [3.05, 3.63) is 59.2 Å². The van der Waals surface area contributed by atoms with Gasteiger partial charge in [-0.3, -0.25) is 9.59 Å². The second-order valence-electron chi connectivity index (χ2n) is 4.97. The maximum Gasteiger partial charge on any atom is 0.255 e. The fraction of sp³-hybridized carbons (Fsp3) is 0.125. The first-order chi connectivity index (χ1) is 10.5. The summed E-state index contributed by atoms with van der Waals surface area (Å²) in [6.07, 6.45) is 0.871. The van der Waals surface area contributed by atoms with Crippen molar-refractivity contribution in [3.8, 4) is 0 Å². The molecule has 0 aliphatic carbocycles. The van der Waals surface area contributed by atoms with Crippen molar-refractivity contribution < 1.29 is 18.4 Å². The SMILES string of the molecule is O=C1CCc2cc(C(=O)Nc3c(F)cccc3F)ccc2N1. The Labute approximate surface area is 125 Å². The third-order valence-corrected chi connectivity index (χ3v) is 3.46. The largest absolute Gasteiger partial charge is 0.326 e. The van der Waals surface area contributed by atoms with E-state index in [-0.39, 0.29) is 11.5 Å². The predicted octanol–water partition coefficient (Wildman–Crippen LogP) is 3.10. The van der Waals surface area contributed by atoms with Crippen molar-refractivity contribution in [1.29, 1.82) is 0 Å². The molecule has 6 heteroatoms. The van der Waals surface area contributed by atoms with Gasteiger partial charge >= 0.3 is 0 Å². The standard InChI is InChI=1S/C16H12F2N2O2/c17-11-2-1-3-12(18)15(11)20-16(22)10-4-6-13-9(8-10)5-7-14(21)19-13/h1-4,6,8H,5,7H2,(H,19,21)(H,20,22). The molecule has 0 atom stereocenters. The monoisotopic (exact) mass is 302 g/mol. The van der Waals surface area contributed by atoms with Crippen LogP contribution in [0.1, 0.15) is 22.3 Å². The summed E-state index contributed by atoms with van der Waals surface area (Å²) in [5, 5.41) is 4.94. The van der Waals surface area contributed by atoms with Crippen LogP contribution >= 0.6 is 0 Å². The minimum Gasteiger partial charge on any atom is -0.326 e. The first-order valence-electron chi connectivity index (χ1n) is 6.73. The molecule has 4 nitrogen and oxygen atoms in total. The van der Waals surface area contributed by atoms with Crippen LogP contribution in [0.3, 0.4) is 0 Å². The van der Waals surface area contributed by atoms with Crippen molar-refractivity contribution in [2.24, 2.45) is 0 Å². The molecule has 0 fully saturated rings. The smallest absolute Gasteiger partial charge is 0.255 e. The number of carbonyl (C=O) groups is 2. The molecule has 0 saturated carbocycles. The Hall–Kier alpha value is -2.76. The summed E-state index contributed by atoms with van der Waals surface area (Å²) in [5.41, 5.74) is 1.28. The molecule has 0 saturated heterocycles. The third kappa shape index (κ3) is 2.67. The van der Waals surface area contributed by atoms with Crippen LogP contribution < -0.4 is 10.6 Å². The number of hydrogen-bond acceptors (Lipinski definition) is 2. The molecule has 0 aromatic heterocycles. The highest BCUT2D eigenvalue weighted by Gasteiger charge is 2.18. The van der Waals surface area contributed by atoms with E-state index in [2.05, 4.69) is 10.6 Å². The van der Waals surface area contributed by atoms with Gasteiger partial charge in [0.1, 0.15) is 17.3 Å². The Bertz CT molecular complexity index is 754. The van der Waals surface area contributed by atoms with Crippen molar-refractivity contribution in [1.82, 2.24) is 0 Å². The number of nitrogens with one attached hydrogen (secondary N) is 2. The van der Waals surface area contributed by atoms with Gasteiger partial charge in [-0.1, -0.05) is 6.07 Å². The van der Waals surface area contributed by atoms with E-state index in [1.54, 1.807) is 12.1 Å². The number of aryl methyl sites for hydroxylation is 1. The molecule has 2 N–H and O–H groups in total. The molecule has 22 heavy (non-hydrogen) atoms. The molecular weight excluding hydrogens is 290 g/mol. The number of benzene rings is 2. The average molecular weight is 302 g/mol. The van der Waals surface area contributed by atoms with E-state index in [4.69, 9.17) is 0 Å². The Kier molecular flexibility index (Phi) is 3.58. The average Bonchev–Trinajstić information content (AvgIpc) is 2.50. The summed E-state index contributed by atoms with van der Waals surface area (Å²) in [5.74, 6) is -2.35. The van der Waals surface area contributed by atoms with Gasteiger partial charge in [-0.2, -0.15) is 0 Å². The van der Waals surface area contributed by atoms with E-state index < -0.39 is 23.2 Å². The lowest BCUT2D eigenvalue weighted by Gasteiger charge is -2.17. The molecular formula is C16H12F2N2O2. The molecule has 0 bridgehead atoms. The minimum atomic E-state index is -0.835. The van der Waals surface area contributed by atoms with Crippen LogP contribution in [0.4, 0.5) is 20.2 Å². The molecule has 2 aromatic rings. The number of carbonyl (C=O) groups excluding carboxylic acids is 2. The van der Waals surface area contributed by atoms with Gasteiger partial charge < -0.3 is 10.6 Å². The van der Waals surface area contributed by atoms with Gasteiger partial charge in [0.15, 0.2) is 0 Å². The van der Waals surface area contributed by atoms with E-state index in [9.17, 15) is 18.4 Å². The summed E-state index contributed by atoms with van der Waals surface area (Å²) < 4.78 is 27.1. The van der Waals surface area contributed by atoms with Gasteiger partial charge in [-0.15, -0.1) is 0 Å². The van der Waals surface area contributed by atoms with Gasteiger partial charge in [-0.05, 0) is 42.3 Å². The molecule has 0 spiro atoms. The van der Waals surface area contributed by atoms with E-state index in [1.807, 2.05) is 0 Å². The van der Waals surface area contributed by atoms with Crippen molar-refractivity contribution in [2.45, 2.75) is 12.8 Å². The Morgan fingerprint density at radius 3 is 2.55 bits per heavy atom. The van der Waals surface area contributed by atoms with Crippen LogP contribution in [0.2, 0.25) is 0 Å². The van der Waals surface area contributed by atoms with Crippen LogP contribution in [-0.2, 0) is 11.2 Å². The van der Waals surface area contributed by atoms with Crippen LogP contribution in [0, 0.1) is 11.6 Å². The second-order valence-corrected chi connectivity index (χ2v) is 4.97. The summed E-state index contributed by atoms with van der Waals surface area (Å²) in [4.78, 5) is 23.4. The number of halogens is 2. The molecule has 3 rings (SSSR count). The van der Waals surface area contributed by atoms with Crippen LogP contribution in [-0.4, -0.2) is 11.8 Å². The van der Waals surface area contributed by atoms with Gasteiger partial charge in [-0.25, -0.2) is 8.78 Å². The molecule has 1 aliphatic heterocycles. The summed E-state index contributed by atoms with van der Waals surface area (Å²) in [7, 11) is 0. The first kappa shape index (κ1) is 14.2. The van der Waals surface area contributed by atoms with Crippen LogP contribution in [0.25, 0.3) is 0 Å². The molecule has 0 unspecified atom stereocenters. The number of anilines is 2. The number of amides is 2. The first-order valence-corrected chi connectivity index (χ1v) is 6.73.